The molecule has 0 N–H and O–H groups in total. The molecule has 1 aliphatic carbocycles. The molecule has 3 aromatic carbocycles. The number of piperidine rings is 1. The lowest BCUT2D eigenvalue weighted by atomic mass is 9.63. The van der Waals surface area contributed by atoms with E-state index in [1.54, 1.807) is 0 Å². The lowest BCUT2D eigenvalue weighted by Gasteiger charge is -2.51. The van der Waals surface area contributed by atoms with Crippen LogP contribution >= 0.6 is 0 Å². The number of hydrogen-bond donors (Lipinski definition) is 0. The smallest absolute Gasteiger partial charge is 0.167 e. The van der Waals surface area contributed by atoms with Gasteiger partial charge in [0.2, 0.25) is 0 Å². The summed E-state index contributed by atoms with van der Waals surface area (Å²) in [6.45, 7) is 1.77. The molecule has 1 aliphatic heterocycles. The monoisotopic (exact) mass is 409 g/mol. The van der Waals surface area contributed by atoms with Crippen molar-refractivity contribution in [1.82, 2.24) is 4.90 Å². The van der Waals surface area contributed by atoms with Crippen LogP contribution < -0.4 is 0 Å². The van der Waals surface area contributed by atoms with E-state index in [4.69, 9.17) is 0 Å². The molecule has 2 fully saturated rings. The van der Waals surface area contributed by atoms with Crippen LogP contribution in [0.3, 0.4) is 0 Å². The van der Waals surface area contributed by atoms with Crippen LogP contribution in [0.15, 0.2) is 91.0 Å². The Bertz CT molecular complexity index is 985. The number of ketones is 1. The normalized spacial score (nSPS) is 26.2. The zero-order chi connectivity index (χ0) is 21.0. The number of benzene rings is 3. The maximum atomic E-state index is 13.8. The van der Waals surface area contributed by atoms with Crippen molar-refractivity contribution in [2.75, 3.05) is 6.54 Å². The summed E-state index contributed by atoms with van der Waals surface area (Å²) in [4.78, 5) is 16.5. The van der Waals surface area contributed by atoms with Crippen LogP contribution in [-0.4, -0.2) is 23.3 Å². The van der Waals surface area contributed by atoms with E-state index in [0.717, 1.165) is 18.7 Å². The van der Waals surface area contributed by atoms with Gasteiger partial charge in [-0.1, -0.05) is 104 Å². The van der Waals surface area contributed by atoms with Gasteiger partial charge in [0.15, 0.2) is 5.78 Å². The molecule has 2 heteroatoms. The first-order valence-corrected chi connectivity index (χ1v) is 11.7. The summed E-state index contributed by atoms with van der Waals surface area (Å²) < 4.78 is 0. The van der Waals surface area contributed by atoms with E-state index in [2.05, 4.69) is 65.6 Å². The van der Waals surface area contributed by atoms with Crippen molar-refractivity contribution >= 4 is 5.78 Å². The summed E-state index contributed by atoms with van der Waals surface area (Å²) in [5.74, 6) is 1.13. The maximum Gasteiger partial charge on any atom is 0.167 e. The highest BCUT2D eigenvalue weighted by Crippen LogP contribution is 2.48. The molecule has 4 atom stereocenters. The Morgan fingerprint density at radius 2 is 1.39 bits per heavy atom. The van der Waals surface area contributed by atoms with Crippen molar-refractivity contribution in [3.63, 3.8) is 0 Å². The molecule has 0 amide bonds. The van der Waals surface area contributed by atoms with E-state index >= 15 is 0 Å². The van der Waals surface area contributed by atoms with Gasteiger partial charge in [-0.3, -0.25) is 9.69 Å². The molecule has 2 aliphatic rings. The highest BCUT2D eigenvalue weighted by Gasteiger charge is 2.47. The number of nitrogens with zero attached hydrogens (tertiary/aromatic N) is 1. The maximum absolute atomic E-state index is 13.8. The quantitative estimate of drug-likeness (QED) is 0.458. The first-order valence-electron chi connectivity index (χ1n) is 11.7. The minimum atomic E-state index is -0.00661. The van der Waals surface area contributed by atoms with Gasteiger partial charge in [-0.15, -0.1) is 0 Å². The first kappa shape index (κ1) is 20.2. The number of carbonyl (C=O) groups excluding carboxylic acids is 1. The minimum absolute atomic E-state index is 0.00661. The first-order chi connectivity index (χ1) is 15.3. The number of hydrogen-bond acceptors (Lipinski definition) is 2. The van der Waals surface area contributed by atoms with Gasteiger partial charge in [-0.25, -0.2) is 0 Å². The molecular formula is C29H31NO. The van der Waals surface area contributed by atoms with E-state index in [-0.39, 0.29) is 5.92 Å². The van der Waals surface area contributed by atoms with Crippen molar-refractivity contribution in [1.29, 1.82) is 0 Å². The van der Waals surface area contributed by atoms with Crippen LogP contribution in [0, 0.1) is 11.8 Å². The molecule has 1 heterocycles. The second-order valence-corrected chi connectivity index (χ2v) is 9.20. The van der Waals surface area contributed by atoms with Gasteiger partial charge in [-0.05, 0) is 35.8 Å². The fraction of sp³-hybridized carbons (Fsp3) is 0.345. The third-order valence-electron chi connectivity index (χ3n) is 7.38. The molecule has 158 valence electrons. The van der Waals surface area contributed by atoms with E-state index in [1.165, 1.54) is 36.8 Å². The third kappa shape index (κ3) is 4.22. The zero-order valence-electron chi connectivity index (χ0n) is 18.1. The molecule has 0 unspecified atom stereocenters. The van der Waals surface area contributed by atoms with Gasteiger partial charge in [0, 0.05) is 30.6 Å². The second-order valence-electron chi connectivity index (χ2n) is 9.20. The molecule has 0 aromatic heterocycles. The summed E-state index contributed by atoms with van der Waals surface area (Å²) >= 11 is 0. The van der Waals surface area contributed by atoms with Crippen LogP contribution in [0.25, 0.3) is 0 Å². The van der Waals surface area contributed by atoms with Crippen LogP contribution in [0.1, 0.15) is 53.1 Å². The number of Topliss-reactive ketones (excluding diaryl/α,β-unsaturated/α-hetero) is 1. The predicted octanol–water partition coefficient (Wildman–Crippen LogP) is 6.34. The van der Waals surface area contributed by atoms with E-state index in [9.17, 15) is 4.79 Å². The Morgan fingerprint density at radius 3 is 2.10 bits per heavy atom. The SMILES string of the molecule is O=C(c1ccccc1)[C@H]1CN(Cc2ccccc2)[C@H]2CCCC[C@@H]2[C@H]1c1ccccc1. The number of rotatable bonds is 5. The molecular weight excluding hydrogens is 378 g/mol. The molecule has 0 radical (unpaired) electrons. The van der Waals surface area contributed by atoms with Crippen LogP contribution in [0.2, 0.25) is 0 Å². The van der Waals surface area contributed by atoms with Gasteiger partial charge < -0.3 is 0 Å². The number of fused-ring (bicyclic) bond motifs is 1. The Morgan fingerprint density at radius 1 is 0.774 bits per heavy atom. The highest BCUT2D eigenvalue weighted by molar-refractivity contribution is 5.98. The molecule has 3 aromatic rings. The third-order valence-corrected chi connectivity index (χ3v) is 7.38. The van der Waals surface area contributed by atoms with E-state index < -0.39 is 0 Å². The van der Waals surface area contributed by atoms with Crippen molar-refractivity contribution in [2.24, 2.45) is 11.8 Å². The zero-order valence-corrected chi connectivity index (χ0v) is 18.1. The van der Waals surface area contributed by atoms with Gasteiger partial charge in [-0.2, -0.15) is 0 Å². The van der Waals surface area contributed by atoms with Gasteiger partial charge >= 0.3 is 0 Å². The molecule has 31 heavy (non-hydrogen) atoms. The molecule has 0 bridgehead atoms. The Kier molecular flexibility index (Phi) is 5.99. The largest absolute Gasteiger partial charge is 0.295 e. The Labute approximate surface area is 185 Å². The van der Waals surface area contributed by atoms with Crippen molar-refractivity contribution in [3.05, 3.63) is 108 Å². The average molecular weight is 410 g/mol. The molecule has 2 nitrogen and oxygen atoms in total. The van der Waals surface area contributed by atoms with Crippen molar-refractivity contribution in [2.45, 2.75) is 44.2 Å². The topological polar surface area (TPSA) is 20.3 Å². The van der Waals surface area contributed by atoms with Crippen molar-refractivity contribution in [3.8, 4) is 0 Å². The molecule has 5 rings (SSSR count). The standard InChI is InChI=1S/C29H31NO/c31-29(24-16-8-3-9-17-24)26-21-30(20-22-12-4-1-5-13-22)27-19-11-10-18-25(27)28(26)23-14-6-2-7-15-23/h1-9,12-17,25-28H,10-11,18-21H2/t25-,26-,27-,28+/m0/s1. The van der Waals surface area contributed by atoms with E-state index in [0.29, 0.717) is 23.7 Å². The number of carbonyl (C=O) groups is 1. The number of likely N-dealkylation sites (tertiary alicyclic amines) is 1. The minimum Gasteiger partial charge on any atom is -0.295 e. The highest BCUT2D eigenvalue weighted by atomic mass is 16.1. The van der Waals surface area contributed by atoms with E-state index in [1.807, 2.05) is 30.3 Å². The predicted molar refractivity (Wildman–Crippen MR) is 126 cm³/mol. The van der Waals surface area contributed by atoms with Gasteiger partial charge in [0.1, 0.15) is 0 Å². The lowest BCUT2D eigenvalue weighted by molar-refractivity contribution is 0.00725. The van der Waals surface area contributed by atoms with Crippen molar-refractivity contribution < 1.29 is 4.79 Å². The Hall–Kier alpha value is -2.71. The summed E-state index contributed by atoms with van der Waals surface area (Å²) in [5, 5.41) is 0. The Balaban J connectivity index is 1.53. The fourth-order valence-corrected chi connectivity index (χ4v) is 6.03. The fourth-order valence-electron chi connectivity index (χ4n) is 6.03. The van der Waals surface area contributed by atoms with Gasteiger partial charge in [0.25, 0.3) is 0 Å². The molecule has 1 saturated carbocycles. The molecule has 1 saturated heterocycles. The second kappa shape index (κ2) is 9.20. The van der Waals surface area contributed by atoms with Crippen LogP contribution in [-0.2, 0) is 6.54 Å². The van der Waals surface area contributed by atoms with Crippen LogP contribution in [0.4, 0.5) is 0 Å². The molecule has 0 spiro atoms. The summed E-state index contributed by atoms with van der Waals surface area (Å²) in [5.41, 5.74) is 3.53. The average Bonchev–Trinajstić information content (AvgIpc) is 2.85. The lowest BCUT2D eigenvalue weighted by Crippen LogP contribution is -2.54. The summed E-state index contributed by atoms with van der Waals surface area (Å²) in [6, 6.07) is 32.1. The van der Waals surface area contributed by atoms with Crippen LogP contribution in [0.5, 0.6) is 0 Å². The van der Waals surface area contributed by atoms with Gasteiger partial charge in [0.05, 0.1) is 0 Å². The summed E-state index contributed by atoms with van der Waals surface area (Å²) in [6.07, 6.45) is 5.03. The summed E-state index contributed by atoms with van der Waals surface area (Å²) in [7, 11) is 0.